The van der Waals surface area contributed by atoms with Gasteiger partial charge in [-0.1, -0.05) is 68.5 Å². The fourth-order valence-electron chi connectivity index (χ4n) is 5.33. The number of aromatic nitrogens is 1. The van der Waals surface area contributed by atoms with Gasteiger partial charge in [0.15, 0.2) is 11.6 Å². The third-order valence-corrected chi connectivity index (χ3v) is 7.64. The SMILES string of the molecule is O=C(O)NC(c1ccccc1)c1c(F)ccc(OCCCCCCCCCNC[C@@H](O)c2ccc(O)c3[nH]c(=O)ccc23)c1F. The summed E-state index contributed by atoms with van der Waals surface area (Å²) in [6.07, 6.45) is 4.45. The lowest BCUT2D eigenvalue weighted by Crippen LogP contribution is -2.29. The number of hydrogen-bond donors (Lipinski definition) is 6. The Morgan fingerprint density at radius 3 is 2.33 bits per heavy atom. The quantitative estimate of drug-likeness (QED) is 0.0758. The van der Waals surface area contributed by atoms with Crippen molar-refractivity contribution in [2.75, 3.05) is 19.7 Å². The first kappa shape index (κ1) is 33.4. The molecular formula is C34H39F2N3O6. The van der Waals surface area contributed by atoms with Crippen molar-refractivity contribution in [3.8, 4) is 11.5 Å². The van der Waals surface area contributed by atoms with Crippen LogP contribution in [-0.4, -0.2) is 46.1 Å². The van der Waals surface area contributed by atoms with Crippen molar-refractivity contribution in [3.05, 3.63) is 105 Å². The number of carboxylic acid groups (broad SMARTS) is 1. The highest BCUT2D eigenvalue weighted by atomic mass is 19.1. The molecule has 0 saturated carbocycles. The van der Waals surface area contributed by atoms with Crippen molar-refractivity contribution in [2.24, 2.45) is 0 Å². The summed E-state index contributed by atoms with van der Waals surface area (Å²) in [5.74, 6) is -1.95. The van der Waals surface area contributed by atoms with Crippen molar-refractivity contribution in [3.63, 3.8) is 0 Å². The van der Waals surface area contributed by atoms with Crippen LogP contribution in [0.15, 0.2) is 71.5 Å². The molecule has 45 heavy (non-hydrogen) atoms. The van der Waals surface area contributed by atoms with Gasteiger partial charge in [0.1, 0.15) is 11.6 Å². The molecule has 4 aromatic rings. The molecule has 1 unspecified atom stereocenters. The zero-order valence-corrected chi connectivity index (χ0v) is 24.9. The maximum Gasteiger partial charge on any atom is 0.405 e. The zero-order valence-electron chi connectivity index (χ0n) is 24.9. The number of nitrogens with one attached hydrogen (secondary N) is 3. The van der Waals surface area contributed by atoms with E-state index in [2.05, 4.69) is 15.6 Å². The number of phenolic OH excluding ortho intramolecular Hbond substituents is 1. The van der Waals surface area contributed by atoms with E-state index in [4.69, 9.17) is 4.74 Å². The highest BCUT2D eigenvalue weighted by molar-refractivity contribution is 5.87. The summed E-state index contributed by atoms with van der Waals surface area (Å²) in [6, 6.07) is 15.4. The van der Waals surface area contributed by atoms with E-state index >= 15 is 4.39 Å². The number of aliphatic hydroxyl groups excluding tert-OH is 1. The van der Waals surface area contributed by atoms with Gasteiger partial charge < -0.3 is 35.7 Å². The maximum absolute atomic E-state index is 15.3. The Morgan fingerprint density at radius 2 is 1.60 bits per heavy atom. The van der Waals surface area contributed by atoms with Crippen LogP contribution < -0.4 is 20.9 Å². The average molecular weight is 624 g/mol. The van der Waals surface area contributed by atoms with Crippen molar-refractivity contribution in [1.82, 2.24) is 15.6 Å². The second kappa shape index (κ2) is 16.6. The number of benzene rings is 3. The smallest absolute Gasteiger partial charge is 0.405 e. The molecule has 240 valence electrons. The van der Waals surface area contributed by atoms with Crippen LogP contribution in [0.25, 0.3) is 10.9 Å². The number of pyridine rings is 1. The van der Waals surface area contributed by atoms with Gasteiger partial charge >= 0.3 is 6.09 Å². The fourth-order valence-corrected chi connectivity index (χ4v) is 5.33. The van der Waals surface area contributed by atoms with Gasteiger partial charge in [0.05, 0.1) is 29.8 Å². The molecule has 4 rings (SSSR count). The van der Waals surface area contributed by atoms with E-state index in [0.29, 0.717) is 35.0 Å². The number of phenols is 1. The molecule has 0 bridgehead atoms. The van der Waals surface area contributed by atoms with E-state index in [1.165, 1.54) is 18.2 Å². The van der Waals surface area contributed by atoms with Crippen LogP contribution in [0.1, 0.15) is 73.8 Å². The van der Waals surface area contributed by atoms with Gasteiger partial charge in [0.2, 0.25) is 5.56 Å². The normalized spacial score (nSPS) is 12.6. The first-order valence-corrected chi connectivity index (χ1v) is 15.1. The molecule has 0 spiro atoms. The lowest BCUT2D eigenvalue weighted by atomic mass is 9.97. The second-order valence-electron chi connectivity index (χ2n) is 10.9. The van der Waals surface area contributed by atoms with Crippen LogP contribution in [-0.2, 0) is 0 Å². The summed E-state index contributed by atoms with van der Waals surface area (Å²) in [4.78, 5) is 25.5. The van der Waals surface area contributed by atoms with Crippen LogP contribution in [0, 0.1) is 11.6 Å². The van der Waals surface area contributed by atoms with Crippen LogP contribution in [0.3, 0.4) is 0 Å². The Balaban J connectivity index is 1.12. The lowest BCUT2D eigenvalue weighted by molar-refractivity contribution is 0.176. The number of unbranched alkanes of at least 4 members (excludes halogenated alkanes) is 6. The minimum atomic E-state index is -1.40. The number of hydrogen-bond acceptors (Lipinski definition) is 6. The molecular weight excluding hydrogens is 584 g/mol. The largest absolute Gasteiger partial charge is 0.506 e. The predicted molar refractivity (Wildman–Crippen MR) is 168 cm³/mol. The highest BCUT2D eigenvalue weighted by Crippen LogP contribution is 2.32. The number of aliphatic hydroxyl groups is 1. The van der Waals surface area contributed by atoms with Gasteiger partial charge in [-0.25, -0.2) is 13.6 Å². The van der Waals surface area contributed by atoms with Crippen molar-refractivity contribution in [1.29, 1.82) is 0 Å². The van der Waals surface area contributed by atoms with E-state index in [1.54, 1.807) is 42.5 Å². The molecule has 1 aromatic heterocycles. The van der Waals surface area contributed by atoms with E-state index in [9.17, 15) is 29.3 Å². The number of ether oxygens (including phenoxy) is 1. The Hall–Kier alpha value is -4.48. The standard InChI is InChI=1S/C34H39F2N3O6/c35-25-15-17-28(31(36)30(25)32(39-34(43)44)22-11-7-6-8-12-22)45-20-10-5-3-1-2-4-9-19-37-21-27(41)23-13-16-26(40)33-24(23)14-18-29(42)38-33/h6-8,11-18,27,32,37,39-41H,1-5,9-10,19-21H2,(H,38,42)(H,43,44)/t27-,32?/m1/s1. The molecule has 0 aliphatic carbocycles. The number of aromatic amines is 1. The number of fused-ring (bicyclic) bond motifs is 1. The number of rotatable bonds is 17. The first-order valence-electron chi connectivity index (χ1n) is 15.1. The Labute approximate surface area is 259 Å². The Morgan fingerprint density at radius 1 is 0.889 bits per heavy atom. The molecule has 1 amide bonds. The summed E-state index contributed by atoms with van der Waals surface area (Å²) in [7, 11) is 0. The minimum absolute atomic E-state index is 0.0422. The molecule has 2 atom stereocenters. The molecule has 1 heterocycles. The number of H-pyrrole nitrogens is 1. The van der Waals surface area contributed by atoms with E-state index in [1.807, 2.05) is 0 Å². The van der Waals surface area contributed by atoms with E-state index < -0.39 is 35.4 Å². The number of halogens is 2. The van der Waals surface area contributed by atoms with Crippen molar-refractivity contribution < 1.29 is 33.6 Å². The van der Waals surface area contributed by atoms with Crippen molar-refractivity contribution >= 4 is 17.0 Å². The molecule has 0 aliphatic heterocycles. The number of carbonyl (C=O) groups is 1. The number of aromatic hydroxyl groups is 1. The summed E-state index contributed by atoms with van der Waals surface area (Å²) in [6.45, 7) is 1.34. The van der Waals surface area contributed by atoms with Gasteiger partial charge in [-0.3, -0.25) is 4.79 Å². The van der Waals surface area contributed by atoms with Crippen molar-refractivity contribution in [2.45, 2.75) is 57.1 Å². The monoisotopic (exact) mass is 623 g/mol. The van der Waals surface area contributed by atoms with Gasteiger partial charge in [-0.15, -0.1) is 0 Å². The third kappa shape index (κ3) is 9.26. The van der Waals surface area contributed by atoms with Crippen LogP contribution in [0.5, 0.6) is 11.5 Å². The van der Waals surface area contributed by atoms with Gasteiger partial charge in [-0.2, -0.15) is 0 Å². The molecule has 9 nitrogen and oxygen atoms in total. The third-order valence-electron chi connectivity index (χ3n) is 7.64. The van der Waals surface area contributed by atoms with Gasteiger partial charge in [-0.05, 0) is 54.8 Å². The van der Waals surface area contributed by atoms with E-state index in [0.717, 1.165) is 51.1 Å². The maximum atomic E-state index is 15.3. The topological polar surface area (TPSA) is 144 Å². The summed E-state index contributed by atoms with van der Waals surface area (Å²) in [5, 5.41) is 36.0. The van der Waals surface area contributed by atoms with Crippen LogP contribution in [0.4, 0.5) is 13.6 Å². The lowest BCUT2D eigenvalue weighted by Gasteiger charge is -2.20. The molecule has 0 radical (unpaired) electrons. The molecule has 0 aliphatic rings. The Bertz CT molecular complexity index is 1620. The zero-order chi connectivity index (χ0) is 32.2. The summed E-state index contributed by atoms with van der Waals surface area (Å²) >= 11 is 0. The second-order valence-corrected chi connectivity index (χ2v) is 10.9. The van der Waals surface area contributed by atoms with Gasteiger partial charge in [0.25, 0.3) is 0 Å². The Kier molecular flexibility index (Phi) is 12.3. The summed E-state index contributed by atoms with van der Waals surface area (Å²) < 4.78 is 35.6. The minimum Gasteiger partial charge on any atom is -0.506 e. The summed E-state index contributed by atoms with van der Waals surface area (Å²) in [5.41, 5.74) is 0.619. The fraction of sp³-hybridized carbons (Fsp3) is 0.353. The molecule has 3 aromatic carbocycles. The molecule has 0 saturated heterocycles. The van der Waals surface area contributed by atoms with Crippen LogP contribution >= 0.6 is 0 Å². The van der Waals surface area contributed by atoms with E-state index in [-0.39, 0.29) is 23.7 Å². The molecule has 11 heteroatoms. The molecule has 0 fully saturated rings. The average Bonchev–Trinajstić information content (AvgIpc) is 3.02. The number of amides is 1. The molecule has 6 N–H and O–H groups in total. The first-order chi connectivity index (χ1) is 21.8. The highest BCUT2D eigenvalue weighted by Gasteiger charge is 2.26. The van der Waals surface area contributed by atoms with Crippen LogP contribution in [0.2, 0.25) is 0 Å². The van der Waals surface area contributed by atoms with Gasteiger partial charge in [0, 0.05) is 18.0 Å². The predicted octanol–water partition coefficient (Wildman–Crippen LogP) is 6.30.